The Morgan fingerprint density at radius 3 is 2.12 bits per heavy atom. The Morgan fingerprint density at radius 2 is 1.59 bits per heavy atom. The minimum Gasteiger partial charge on any atom is -0.371 e. The molecule has 12 heteroatoms. The van der Waals surface area contributed by atoms with Crippen molar-refractivity contribution in [2.24, 2.45) is 10.2 Å². The van der Waals surface area contributed by atoms with E-state index in [1.54, 1.807) is 18.2 Å². The normalized spacial score (nSPS) is 10.9. The summed E-state index contributed by atoms with van der Waals surface area (Å²) in [4.78, 5) is 34.0. The minimum atomic E-state index is -1.28. The Kier molecular flexibility index (Phi) is 8.27. The van der Waals surface area contributed by atoms with Crippen LogP contribution >= 0.6 is 0 Å². The highest BCUT2D eigenvalue weighted by atomic mass is 19.1. The summed E-state index contributed by atoms with van der Waals surface area (Å²) in [6.07, 6.45) is 1.85. The van der Waals surface area contributed by atoms with E-state index in [0.29, 0.717) is 17.8 Å². The lowest BCUT2D eigenvalue weighted by molar-refractivity contribution is -0.395. The molecule has 32 heavy (non-hydrogen) atoms. The number of anilines is 2. The summed E-state index contributed by atoms with van der Waals surface area (Å²) in [6, 6.07) is 6.14. The van der Waals surface area contributed by atoms with Gasteiger partial charge in [-0.25, -0.2) is 0 Å². The van der Waals surface area contributed by atoms with Crippen molar-refractivity contribution in [1.29, 1.82) is 0 Å². The Morgan fingerprint density at radius 1 is 1.00 bits per heavy atom. The van der Waals surface area contributed by atoms with E-state index in [4.69, 9.17) is 0 Å². The maximum absolute atomic E-state index is 14.0. The fraction of sp³-hybridized carbons (Fsp3) is 0.350. The number of hydrogen-bond donors (Lipinski definition) is 1. The lowest BCUT2D eigenvalue weighted by Crippen LogP contribution is -2.24. The Balaban J connectivity index is 2.51. The first-order valence-corrected chi connectivity index (χ1v) is 9.88. The average molecular weight is 446 g/mol. The number of carbonyl (C=O) groups is 1. The van der Waals surface area contributed by atoms with E-state index in [9.17, 15) is 29.4 Å². The monoisotopic (exact) mass is 446 g/mol. The number of nitrogens with one attached hydrogen (secondary N) is 1. The summed E-state index contributed by atoms with van der Waals surface area (Å²) >= 11 is 0. The van der Waals surface area contributed by atoms with Crippen LogP contribution in [0.25, 0.3) is 0 Å². The Bertz CT molecular complexity index is 1050. The zero-order valence-corrected chi connectivity index (χ0v) is 17.9. The molecule has 2 rings (SSSR count). The molecule has 170 valence electrons. The van der Waals surface area contributed by atoms with Crippen LogP contribution in [0.1, 0.15) is 33.6 Å². The largest absolute Gasteiger partial charge is 0.371 e. The van der Waals surface area contributed by atoms with Gasteiger partial charge in [0.1, 0.15) is 5.69 Å². The molecule has 0 saturated carbocycles. The molecule has 0 atom stereocenters. The number of amides is 1. The standard InChI is InChI=1S/C20H23FN6O5/c1-4-8-25(9-5-2)14-6-7-16(17(10-14)22-13(3)28)23-24-18-11-15(21)19(26(29)30)12-20(18)27(31)32/h6-7,10-12H,4-5,8-9H2,1-3H3,(H,22,28)/b24-23+. The maximum Gasteiger partial charge on any atom is 0.311 e. The number of benzene rings is 2. The first-order chi connectivity index (χ1) is 15.2. The molecule has 0 heterocycles. The molecular weight excluding hydrogens is 423 g/mol. The van der Waals surface area contributed by atoms with Crippen molar-refractivity contribution in [3.05, 3.63) is 56.4 Å². The summed E-state index contributed by atoms with van der Waals surface area (Å²) in [6.45, 7) is 7.04. The van der Waals surface area contributed by atoms with Crippen LogP contribution < -0.4 is 10.2 Å². The smallest absolute Gasteiger partial charge is 0.311 e. The first-order valence-electron chi connectivity index (χ1n) is 9.88. The highest BCUT2D eigenvalue weighted by Crippen LogP contribution is 2.36. The van der Waals surface area contributed by atoms with E-state index in [0.717, 1.165) is 31.6 Å². The van der Waals surface area contributed by atoms with Crippen molar-refractivity contribution in [3.63, 3.8) is 0 Å². The molecule has 0 spiro atoms. The molecule has 0 aliphatic rings. The molecule has 0 unspecified atom stereocenters. The van der Waals surface area contributed by atoms with Gasteiger partial charge < -0.3 is 10.2 Å². The van der Waals surface area contributed by atoms with E-state index in [-0.39, 0.29) is 11.6 Å². The lowest BCUT2D eigenvalue weighted by Gasteiger charge is -2.24. The third-order valence-electron chi connectivity index (χ3n) is 4.35. The topological polar surface area (TPSA) is 143 Å². The molecule has 0 fully saturated rings. The van der Waals surface area contributed by atoms with Crippen LogP contribution in [0.5, 0.6) is 0 Å². The SMILES string of the molecule is CCCN(CCC)c1ccc(/N=N/c2cc(F)c([N+](=O)[O-])cc2[N+](=O)[O-])c(NC(C)=O)c1. The van der Waals surface area contributed by atoms with Crippen molar-refractivity contribution in [2.45, 2.75) is 33.6 Å². The van der Waals surface area contributed by atoms with Crippen LogP contribution in [0, 0.1) is 26.0 Å². The summed E-state index contributed by atoms with van der Waals surface area (Å²) in [7, 11) is 0. The predicted octanol–water partition coefficient (Wildman–Crippen LogP) is 5.64. The average Bonchev–Trinajstić information content (AvgIpc) is 2.71. The zero-order chi connectivity index (χ0) is 23.8. The number of halogens is 1. The van der Waals surface area contributed by atoms with E-state index >= 15 is 0 Å². The van der Waals surface area contributed by atoms with E-state index in [1.165, 1.54) is 6.92 Å². The van der Waals surface area contributed by atoms with E-state index < -0.39 is 32.7 Å². The predicted molar refractivity (Wildman–Crippen MR) is 117 cm³/mol. The van der Waals surface area contributed by atoms with Gasteiger partial charge in [-0.15, -0.1) is 10.2 Å². The minimum absolute atomic E-state index is 0.185. The van der Waals surface area contributed by atoms with Gasteiger partial charge in [-0.2, -0.15) is 4.39 Å². The highest BCUT2D eigenvalue weighted by molar-refractivity contribution is 5.93. The third kappa shape index (κ3) is 6.03. The lowest BCUT2D eigenvalue weighted by atomic mass is 10.2. The number of carbonyl (C=O) groups excluding carboxylic acids is 1. The second kappa shape index (κ2) is 10.9. The van der Waals surface area contributed by atoms with Crippen LogP contribution in [-0.2, 0) is 4.79 Å². The fourth-order valence-electron chi connectivity index (χ4n) is 3.02. The molecule has 2 aromatic rings. The molecule has 11 nitrogen and oxygen atoms in total. The van der Waals surface area contributed by atoms with Crippen LogP contribution in [0.4, 0.5) is 38.5 Å². The van der Waals surface area contributed by atoms with Crippen LogP contribution in [0.3, 0.4) is 0 Å². The quantitative estimate of drug-likeness (QED) is 0.284. The third-order valence-corrected chi connectivity index (χ3v) is 4.35. The molecule has 0 radical (unpaired) electrons. The number of hydrogen-bond acceptors (Lipinski definition) is 8. The van der Waals surface area contributed by atoms with Gasteiger partial charge in [-0.3, -0.25) is 25.0 Å². The number of nitro groups is 2. The molecule has 1 amide bonds. The molecule has 1 N–H and O–H groups in total. The van der Waals surface area contributed by atoms with Crippen molar-refractivity contribution in [3.8, 4) is 0 Å². The van der Waals surface area contributed by atoms with Crippen LogP contribution in [-0.4, -0.2) is 28.8 Å². The molecular formula is C20H23FN6O5. The molecule has 2 aromatic carbocycles. The number of rotatable bonds is 10. The van der Waals surface area contributed by atoms with Gasteiger partial charge in [0, 0.05) is 31.8 Å². The summed E-state index contributed by atoms with van der Waals surface area (Å²) in [5.41, 5.74) is -0.938. The van der Waals surface area contributed by atoms with Crippen LogP contribution in [0.2, 0.25) is 0 Å². The van der Waals surface area contributed by atoms with E-state index in [1.807, 2.05) is 0 Å². The van der Waals surface area contributed by atoms with Gasteiger partial charge in [0.15, 0.2) is 5.69 Å². The maximum atomic E-state index is 14.0. The zero-order valence-electron chi connectivity index (χ0n) is 17.9. The van der Waals surface area contributed by atoms with Gasteiger partial charge >= 0.3 is 11.4 Å². The van der Waals surface area contributed by atoms with Crippen molar-refractivity contribution in [2.75, 3.05) is 23.3 Å². The van der Waals surface area contributed by atoms with Crippen molar-refractivity contribution < 1.29 is 19.0 Å². The summed E-state index contributed by atoms with van der Waals surface area (Å²) in [5.74, 6) is -1.63. The van der Waals surface area contributed by atoms with Gasteiger partial charge in [0.25, 0.3) is 0 Å². The molecule has 0 saturated heterocycles. The Hall–Kier alpha value is -3.96. The van der Waals surface area contributed by atoms with Crippen molar-refractivity contribution in [1.82, 2.24) is 0 Å². The van der Waals surface area contributed by atoms with Crippen molar-refractivity contribution >= 4 is 40.0 Å². The molecule has 0 aliphatic carbocycles. The molecule has 0 bridgehead atoms. The number of nitro benzene ring substituents is 2. The summed E-state index contributed by atoms with van der Waals surface area (Å²) in [5, 5.41) is 32.4. The second-order valence-corrected chi connectivity index (χ2v) is 6.88. The van der Waals surface area contributed by atoms with Gasteiger partial charge in [0.05, 0.1) is 21.6 Å². The van der Waals surface area contributed by atoms with E-state index in [2.05, 4.69) is 34.3 Å². The Labute approximate surface area is 183 Å². The summed E-state index contributed by atoms with van der Waals surface area (Å²) < 4.78 is 14.0. The second-order valence-electron chi connectivity index (χ2n) is 6.88. The fourth-order valence-corrected chi connectivity index (χ4v) is 3.02. The first kappa shape index (κ1) is 24.3. The van der Waals surface area contributed by atoms with Gasteiger partial charge in [-0.1, -0.05) is 13.8 Å². The van der Waals surface area contributed by atoms with Gasteiger partial charge in [-0.05, 0) is 31.0 Å². The number of nitrogens with zero attached hydrogens (tertiary/aromatic N) is 5. The highest BCUT2D eigenvalue weighted by Gasteiger charge is 2.25. The van der Waals surface area contributed by atoms with Crippen LogP contribution in [0.15, 0.2) is 40.6 Å². The van der Waals surface area contributed by atoms with Gasteiger partial charge in [0.2, 0.25) is 11.7 Å². The molecule has 0 aromatic heterocycles. The molecule has 0 aliphatic heterocycles. The number of azo groups is 1.